The summed E-state index contributed by atoms with van der Waals surface area (Å²) in [5.41, 5.74) is -0.429. The summed E-state index contributed by atoms with van der Waals surface area (Å²) in [7, 11) is 0. The fourth-order valence-electron chi connectivity index (χ4n) is 16.1. The second-order valence-electron chi connectivity index (χ2n) is 24.5. The molecule has 21 nitrogen and oxygen atoms in total. The lowest BCUT2D eigenvalue weighted by Crippen LogP contribution is -2.69. The molecule has 0 amide bonds. The maximum atomic E-state index is 13.3. The zero-order chi connectivity index (χ0) is 53.2. The van der Waals surface area contributed by atoms with Gasteiger partial charge in [-0.25, -0.2) is 0 Å². The topological polar surface area (TPSA) is 334 Å². The Morgan fingerprint density at radius 3 is 1.97 bits per heavy atom. The molecule has 4 saturated heterocycles. The van der Waals surface area contributed by atoms with E-state index in [4.69, 9.17) is 37.9 Å². The Bertz CT molecular complexity index is 2060. The predicted molar refractivity (Wildman–Crippen MR) is 251 cm³/mol. The van der Waals surface area contributed by atoms with E-state index in [1.54, 1.807) is 0 Å². The second-order valence-corrected chi connectivity index (χ2v) is 24.5. The molecule has 0 bridgehead atoms. The molecule has 0 radical (unpaired) electrons. The molecule has 4 aliphatic heterocycles. The van der Waals surface area contributed by atoms with Crippen LogP contribution in [0.1, 0.15) is 99.8 Å². The zero-order valence-electron chi connectivity index (χ0n) is 43.0. The normalized spacial score (nSPS) is 55.0. The smallest absolute Gasteiger partial charge is 0.310 e. The van der Waals surface area contributed by atoms with Gasteiger partial charge in [0.1, 0.15) is 79.4 Å². The molecule has 0 spiro atoms. The summed E-state index contributed by atoms with van der Waals surface area (Å²) < 4.78 is 49.2. The molecule has 0 aromatic heterocycles. The number of carboxylic acids is 1. The molecule has 5 aliphatic carbocycles. The quantitative estimate of drug-likeness (QED) is 0.0977. The highest BCUT2D eigenvalue weighted by Crippen LogP contribution is 2.76. The van der Waals surface area contributed by atoms with Crippen molar-refractivity contribution in [3.63, 3.8) is 0 Å². The van der Waals surface area contributed by atoms with Crippen LogP contribution in [0.4, 0.5) is 0 Å². The van der Waals surface area contributed by atoms with Crippen molar-refractivity contribution in [1.82, 2.24) is 0 Å². The van der Waals surface area contributed by atoms with Crippen LogP contribution in [0.2, 0.25) is 0 Å². The second kappa shape index (κ2) is 20.1. The van der Waals surface area contributed by atoms with Crippen LogP contribution >= 0.6 is 0 Å². The molecule has 0 unspecified atom stereocenters. The van der Waals surface area contributed by atoms with Crippen molar-refractivity contribution in [1.29, 1.82) is 0 Å². The third-order valence-electron chi connectivity index (χ3n) is 20.5. The molecule has 416 valence electrons. The van der Waals surface area contributed by atoms with Crippen LogP contribution in [0.3, 0.4) is 0 Å². The highest BCUT2D eigenvalue weighted by Gasteiger charge is 2.71. The first kappa shape index (κ1) is 55.9. The van der Waals surface area contributed by atoms with E-state index in [0.29, 0.717) is 32.1 Å². The fourth-order valence-corrected chi connectivity index (χ4v) is 16.1. The van der Waals surface area contributed by atoms with E-state index in [-0.39, 0.29) is 34.5 Å². The maximum absolute atomic E-state index is 13.3. The van der Waals surface area contributed by atoms with Gasteiger partial charge in [-0.05, 0) is 97.7 Å². The van der Waals surface area contributed by atoms with Crippen LogP contribution in [0.5, 0.6) is 0 Å². The van der Waals surface area contributed by atoms with E-state index >= 15 is 0 Å². The van der Waals surface area contributed by atoms with Crippen LogP contribution in [0.15, 0.2) is 23.8 Å². The summed E-state index contributed by atoms with van der Waals surface area (Å²) in [4.78, 5) is 13.3. The van der Waals surface area contributed by atoms with Gasteiger partial charge in [0.05, 0.1) is 43.5 Å². The Balaban J connectivity index is 1.04. The minimum atomic E-state index is -1.86. The summed E-state index contributed by atoms with van der Waals surface area (Å²) >= 11 is 0. The Labute approximate surface area is 426 Å². The molecule has 12 N–H and O–H groups in total. The summed E-state index contributed by atoms with van der Waals surface area (Å²) in [5, 5.41) is 132. The largest absolute Gasteiger partial charge is 0.481 e. The van der Waals surface area contributed by atoms with Gasteiger partial charge in [-0.2, -0.15) is 0 Å². The lowest BCUT2D eigenvalue weighted by Gasteiger charge is -2.71. The summed E-state index contributed by atoms with van der Waals surface area (Å²) in [6.45, 7) is 17.1. The SMILES string of the molecule is C=C1CC[C@]2(C(=O)O)CC[C@]3(C)C(=CC[C@@H]4[C@@]5(C)C[C@@H](O)[C@H](O[C@@H]6O[C@H](CO)[C@@H](O)[C@H](O[C@@H]7OC[C@@H](O)[C@H](O)[C@H]7O)[C@H]6O[C@@H]6OC[C@H](O)[C@H](O)[C@H]6O[C@@H]6O[C@H](C)[C@@H](O)[C@H](O)[C@H]6O)C(C)(C)[C@@H]5CC[C@]43C)[C@@H]2[C@H]1C. The van der Waals surface area contributed by atoms with Crippen molar-refractivity contribution < 1.29 is 104 Å². The van der Waals surface area contributed by atoms with Crippen LogP contribution < -0.4 is 0 Å². The molecule has 9 aliphatic rings. The van der Waals surface area contributed by atoms with Crippen molar-refractivity contribution in [2.45, 2.75) is 223 Å². The van der Waals surface area contributed by atoms with Gasteiger partial charge in [0.2, 0.25) is 0 Å². The van der Waals surface area contributed by atoms with E-state index in [1.165, 1.54) is 12.5 Å². The summed E-state index contributed by atoms with van der Waals surface area (Å²) in [6, 6.07) is 0. The zero-order valence-corrected chi connectivity index (χ0v) is 43.0. The van der Waals surface area contributed by atoms with Gasteiger partial charge >= 0.3 is 5.97 Å². The number of hydrogen-bond acceptors (Lipinski definition) is 20. The number of aliphatic hydroxyl groups is 11. The molecule has 4 heterocycles. The minimum absolute atomic E-state index is 0.00800. The van der Waals surface area contributed by atoms with Gasteiger partial charge < -0.3 is 99.2 Å². The number of fused-ring (bicyclic) bond motifs is 7. The lowest BCUT2D eigenvalue weighted by molar-refractivity contribution is -0.404. The van der Waals surface area contributed by atoms with Crippen molar-refractivity contribution in [3.8, 4) is 0 Å². The Kier molecular flexibility index (Phi) is 15.4. The van der Waals surface area contributed by atoms with Crippen LogP contribution in [-0.4, -0.2) is 210 Å². The van der Waals surface area contributed by atoms with Crippen molar-refractivity contribution >= 4 is 5.97 Å². The Morgan fingerprint density at radius 1 is 0.671 bits per heavy atom. The molecule has 0 aromatic rings. The molecule has 9 rings (SSSR count). The van der Waals surface area contributed by atoms with Crippen LogP contribution in [-0.2, 0) is 42.7 Å². The highest BCUT2D eigenvalue weighted by atomic mass is 16.8. The fraction of sp³-hybridized carbons (Fsp3) is 0.904. The first-order valence-electron chi connectivity index (χ1n) is 26.4. The highest BCUT2D eigenvalue weighted by molar-refractivity contribution is 5.77. The maximum Gasteiger partial charge on any atom is 0.310 e. The summed E-state index contributed by atoms with van der Waals surface area (Å²) in [5.74, 6) is -0.891. The third-order valence-corrected chi connectivity index (χ3v) is 20.5. The number of aliphatic carboxylic acids is 1. The number of aliphatic hydroxyl groups excluding tert-OH is 11. The van der Waals surface area contributed by atoms with Gasteiger partial charge in [-0.1, -0.05) is 65.3 Å². The molecular weight excluding hydrogens is 961 g/mol. The number of carboxylic acid groups (broad SMARTS) is 1. The van der Waals surface area contributed by atoms with Crippen molar-refractivity contribution in [2.24, 2.45) is 50.7 Å². The van der Waals surface area contributed by atoms with Crippen molar-refractivity contribution in [3.05, 3.63) is 23.8 Å². The Morgan fingerprint density at radius 2 is 1.30 bits per heavy atom. The van der Waals surface area contributed by atoms with E-state index in [1.807, 2.05) is 13.8 Å². The van der Waals surface area contributed by atoms with Crippen LogP contribution in [0.25, 0.3) is 0 Å². The van der Waals surface area contributed by atoms with E-state index in [0.717, 1.165) is 24.8 Å². The van der Waals surface area contributed by atoms with Gasteiger partial charge in [0.25, 0.3) is 0 Å². The molecule has 21 heteroatoms. The van der Waals surface area contributed by atoms with Crippen molar-refractivity contribution in [2.75, 3.05) is 19.8 Å². The number of carbonyl (C=O) groups is 1. The molecule has 73 heavy (non-hydrogen) atoms. The average molecular weight is 1040 g/mol. The molecular formula is C52H82O21. The molecule has 4 saturated carbocycles. The van der Waals surface area contributed by atoms with Crippen LogP contribution in [0, 0.1) is 50.7 Å². The van der Waals surface area contributed by atoms with E-state index < -0.39 is 165 Å². The lowest BCUT2D eigenvalue weighted by atomic mass is 9.33. The first-order chi connectivity index (χ1) is 34.2. The average Bonchev–Trinajstić information content (AvgIpc) is 3.33. The van der Waals surface area contributed by atoms with E-state index in [2.05, 4.69) is 40.3 Å². The van der Waals surface area contributed by atoms with Gasteiger partial charge in [0.15, 0.2) is 25.2 Å². The number of allylic oxidation sites excluding steroid dienone is 3. The predicted octanol–water partition coefficient (Wildman–Crippen LogP) is -0.417. The molecule has 28 atom stereocenters. The molecule has 8 fully saturated rings. The summed E-state index contributed by atoms with van der Waals surface area (Å²) in [6.07, 6.45) is -24.6. The first-order valence-corrected chi connectivity index (χ1v) is 26.4. The monoisotopic (exact) mass is 1040 g/mol. The molecule has 0 aromatic carbocycles. The number of ether oxygens (including phenoxy) is 8. The number of hydrogen-bond donors (Lipinski definition) is 12. The minimum Gasteiger partial charge on any atom is -0.481 e. The van der Waals surface area contributed by atoms with Gasteiger partial charge in [0, 0.05) is 5.92 Å². The van der Waals surface area contributed by atoms with Gasteiger partial charge in [-0.3, -0.25) is 4.79 Å². The standard InChI is InChI=1S/C52H82O21/c1-21-11-14-52(47(64)65)16-15-50(7)24(31(52)22(21)2)9-10-30-49(6)17-25(54)42(48(4,5)29(49)12-13-51(30,50)8)73-46-41(39(35(60)28(18-53)69-46)70-43-37(62)33(58)26(55)19-66-43)72-45-40(34(59)27(56)20-67-45)71-44-38(63)36(61)32(57)23(3)68-44/h9,22-23,25-46,53-63H,1,10-20H2,2-8H3,(H,64,65)/t22-,23+,25+,26+,27-,28+,29-,30+,31-,32+,33-,34-,35+,36-,37+,38+,39-,40+,41+,42-,43-,44-,45-,46-,49-,50+,51+,52-/m0/s1. The number of rotatable bonds is 10. The third kappa shape index (κ3) is 8.84. The van der Waals surface area contributed by atoms with E-state index in [9.17, 15) is 66.1 Å². The Hall–Kier alpha value is -1.81. The van der Waals surface area contributed by atoms with Gasteiger partial charge in [-0.15, -0.1) is 0 Å².